The Hall–Kier alpha value is -4.32. The summed E-state index contributed by atoms with van der Waals surface area (Å²) in [4.78, 5) is 81.0. The molecule has 0 heterocycles. The third-order valence-corrected chi connectivity index (χ3v) is 9.03. The molecule has 4 rings (SSSR count). The summed E-state index contributed by atoms with van der Waals surface area (Å²) >= 11 is 0. The van der Waals surface area contributed by atoms with Crippen molar-refractivity contribution in [2.45, 2.75) is 80.1 Å². The Bertz CT molecular complexity index is 1390. The van der Waals surface area contributed by atoms with E-state index >= 15 is 0 Å². The molecule has 0 unspecified atom stereocenters. The number of rotatable bonds is 0. The quantitative estimate of drug-likeness (QED) is 0.250. The van der Waals surface area contributed by atoms with Crippen LogP contribution in [0.3, 0.4) is 0 Å². The van der Waals surface area contributed by atoms with Gasteiger partial charge < -0.3 is 0 Å². The van der Waals surface area contributed by atoms with Crippen LogP contribution in [-0.2, 0) is 28.8 Å². The summed E-state index contributed by atoms with van der Waals surface area (Å²) in [6.07, 6.45) is 0.281. The van der Waals surface area contributed by atoms with Gasteiger partial charge in [-0.3, -0.25) is 28.8 Å². The Morgan fingerprint density at radius 1 is 0.310 bits per heavy atom. The van der Waals surface area contributed by atoms with Crippen molar-refractivity contribution >= 4 is 34.7 Å². The minimum absolute atomic E-state index is 0.0468. The second-order valence-corrected chi connectivity index (χ2v) is 11.9. The predicted octanol–water partition coefficient (Wildman–Crippen LogP) is 6.36. The normalized spacial score (nSPS) is 22.3. The van der Waals surface area contributed by atoms with Gasteiger partial charge in [-0.15, -0.1) is 0 Å². The Labute approximate surface area is 246 Å². The van der Waals surface area contributed by atoms with Crippen molar-refractivity contribution in [1.29, 1.82) is 0 Å². The van der Waals surface area contributed by atoms with Crippen LogP contribution >= 0.6 is 0 Å². The Balaban J connectivity index is 1.93. The Kier molecular flexibility index (Phi) is 8.14. The lowest BCUT2D eigenvalue weighted by Crippen LogP contribution is -2.24. The van der Waals surface area contributed by atoms with Gasteiger partial charge >= 0.3 is 0 Å². The molecule has 4 aliphatic rings. The minimum atomic E-state index is -0.279. The fourth-order valence-corrected chi connectivity index (χ4v) is 6.01. The van der Waals surface area contributed by atoms with Crippen molar-refractivity contribution < 1.29 is 28.8 Å². The van der Waals surface area contributed by atoms with Gasteiger partial charge in [0.15, 0.2) is 34.7 Å². The average molecular weight is 565 g/mol. The third-order valence-electron chi connectivity index (χ3n) is 9.03. The van der Waals surface area contributed by atoms with E-state index in [1.165, 1.54) is 0 Å². The molecule has 0 aromatic heterocycles. The van der Waals surface area contributed by atoms with Gasteiger partial charge in [0.05, 0.1) is 0 Å². The van der Waals surface area contributed by atoms with E-state index < -0.39 is 0 Å². The van der Waals surface area contributed by atoms with Crippen molar-refractivity contribution in [3.05, 3.63) is 103 Å². The molecule has 0 aromatic rings. The van der Waals surface area contributed by atoms with Crippen molar-refractivity contribution in [3.63, 3.8) is 0 Å². The molecular formula is C36H36O6. The maximum absolute atomic E-state index is 13.5. The highest BCUT2D eigenvalue weighted by atomic mass is 16.2. The molecule has 0 N–H and O–H groups in total. The highest BCUT2D eigenvalue weighted by Gasteiger charge is 2.36. The van der Waals surface area contributed by atoms with Crippen LogP contribution in [0.4, 0.5) is 0 Å². The lowest BCUT2D eigenvalue weighted by atomic mass is 9.77. The van der Waals surface area contributed by atoms with Crippen LogP contribution in [-0.4, -0.2) is 34.7 Å². The van der Waals surface area contributed by atoms with Crippen molar-refractivity contribution in [2.75, 3.05) is 0 Å². The second kappa shape index (κ2) is 11.2. The summed E-state index contributed by atoms with van der Waals surface area (Å²) in [5.74, 6) is -1.67. The first kappa shape index (κ1) is 30.6. The fourth-order valence-electron chi connectivity index (χ4n) is 6.01. The zero-order valence-corrected chi connectivity index (χ0v) is 25.3. The zero-order chi connectivity index (χ0) is 31.4. The van der Waals surface area contributed by atoms with E-state index in [4.69, 9.17) is 0 Å². The first-order valence-corrected chi connectivity index (χ1v) is 14.0. The molecule has 216 valence electrons. The van der Waals surface area contributed by atoms with E-state index in [-0.39, 0.29) is 107 Å². The first-order chi connectivity index (χ1) is 19.6. The Morgan fingerprint density at radius 3 is 0.548 bits per heavy atom. The SMILES string of the molecule is C=C1CC2=C(CC(=C)CC3=C(CC(=C)CC4=C(C1)C(=O)C(C)=C(C)C4=O)C(=O)C(C)=C(C)C3=O)C(=O)C(C)=C(C)C2=O. The fraction of sp³-hybridized carbons (Fsp3) is 0.333. The first-order valence-electron chi connectivity index (χ1n) is 14.0. The van der Waals surface area contributed by atoms with E-state index in [1.54, 1.807) is 41.5 Å². The van der Waals surface area contributed by atoms with Crippen molar-refractivity contribution in [3.8, 4) is 0 Å². The van der Waals surface area contributed by atoms with E-state index in [9.17, 15) is 28.8 Å². The number of hydrogen-bond acceptors (Lipinski definition) is 6. The van der Waals surface area contributed by atoms with Crippen LogP contribution in [0.1, 0.15) is 80.1 Å². The molecule has 0 bridgehead atoms. The lowest BCUT2D eigenvalue weighted by Gasteiger charge is -2.24. The van der Waals surface area contributed by atoms with Gasteiger partial charge in [0.2, 0.25) is 0 Å². The highest BCUT2D eigenvalue weighted by Crippen LogP contribution is 2.39. The van der Waals surface area contributed by atoms with Gasteiger partial charge in [-0.05, 0) is 80.1 Å². The number of allylic oxidation sites excluding steroid dienone is 15. The lowest BCUT2D eigenvalue weighted by molar-refractivity contribution is -0.116. The van der Waals surface area contributed by atoms with Gasteiger partial charge in [-0.2, -0.15) is 0 Å². The molecule has 42 heavy (non-hydrogen) atoms. The summed E-state index contributed by atoms with van der Waals surface area (Å²) in [5, 5.41) is 0. The highest BCUT2D eigenvalue weighted by molar-refractivity contribution is 6.27. The Morgan fingerprint density at radius 2 is 0.429 bits per heavy atom. The van der Waals surface area contributed by atoms with Gasteiger partial charge in [-0.25, -0.2) is 0 Å². The summed E-state index contributed by atoms with van der Waals surface area (Å²) < 4.78 is 0. The van der Waals surface area contributed by atoms with Crippen LogP contribution in [0, 0.1) is 0 Å². The van der Waals surface area contributed by atoms with Crippen LogP contribution in [0.2, 0.25) is 0 Å². The summed E-state index contributed by atoms with van der Waals surface area (Å²) in [5.41, 5.74) is 5.29. The smallest absolute Gasteiger partial charge is 0.185 e. The summed E-state index contributed by atoms with van der Waals surface area (Å²) in [7, 11) is 0. The van der Waals surface area contributed by atoms with Crippen molar-refractivity contribution in [2.24, 2.45) is 0 Å². The zero-order valence-electron chi connectivity index (χ0n) is 25.3. The number of hydrogen-bond donors (Lipinski definition) is 0. The molecule has 0 saturated carbocycles. The third kappa shape index (κ3) is 5.11. The molecule has 0 aliphatic heterocycles. The van der Waals surface area contributed by atoms with Crippen LogP contribution in [0.15, 0.2) is 103 Å². The van der Waals surface area contributed by atoms with E-state index in [1.807, 2.05) is 0 Å². The number of Topliss-reactive ketones (excluding diaryl/α,β-unsaturated/α-hetero) is 6. The summed E-state index contributed by atoms with van der Waals surface area (Å²) in [6.45, 7) is 22.1. The van der Waals surface area contributed by atoms with E-state index in [0.29, 0.717) is 50.2 Å². The van der Waals surface area contributed by atoms with Crippen LogP contribution in [0.5, 0.6) is 0 Å². The molecule has 0 aromatic carbocycles. The topological polar surface area (TPSA) is 102 Å². The van der Waals surface area contributed by atoms with E-state index in [0.717, 1.165) is 0 Å². The predicted molar refractivity (Wildman–Crippen MR) is 161 cm³/mol. The molecule has 0 fully saturated rings. The van der Waals surface area contributed by atoms with Gasteiger partial charge in [0, 0.05) is 66.9 Å². The largest absolute Gasteiger partial charge is 0.289 e. The molecule has 4 aliphatic carbocycles. The average Bonchev–Trinajstić information content (AvgIpc) is 2.95. The molecule has 0 amide bonds. The minimum Gasteiger partial charge on any atom is -0.289 e. The maximum atomic E-state index is 13.5. The monoisotopic (exact) mass is 564 g/mol. The van der Waals surface area contributed by atoms with Gasteiger partial charge in [-0.1, -0.05) is 36.5 Å². The van der Waals surface area contributed by atoms with E-state index in [2.05, 4.69) is 19.7 Å². The number of ketones is 6. The number of carbonyl (C=O) groups is 6. The number of carbonyl (C=O) groups excluding carboxylic acids is 6. The van der Waals surface area contributed by atoms with Crippen LogP contribution in [0.25, 0.3) is 0 Å². The molecule has 6 heteroatoms. The molecular weight excluding hydrogens is 528 g/mol. The standard InChI is InChI=1S/C36H36O6/c1-16-10-25-27(33(39)21(6)19(4)31(25)37)12-17(2)14-29-30(36(42)24(9)23(8)35(29)41)15-18(3)13-28-26(11-16)32(38)20(5)22(7)34(28)40/h1-3,10-15H2,4-9H3. The summed E-state index contributed by atoms with van der Waals surface area (Å²) in [6, 6.07) is 0. The van der Waals surface area contributed by atoms with Gasteiger partial charge in [0.25, 0.3) is 0 Å². The second-order valence-electron chi connectivity index (χ2n) is 11.9. The molecule has 0 spiro atoms. The molecule has 6 nitrogen and oxygen atoms in total. The van der Waals surface area contributed by atoms with Crippen LogP contribution < -0.4 is 0 Å². The van der Waals surface area contributed by atoms with Crippen molar-refractivity contribution in [1.82, 2.24) is 0 Å². The molecule has 0 radical (unpaired) electrons. The van der Waals surface area contributed by atoms with Gasteiger partial charge in [0.1, 0.15) is 0 Å². The molecule has 0 saturated heterocycles. The molecule has 0 atom stereocenters. The maximum Gasteiger partial charge on any atom is 0.185 e.